The molecular formula is C5H8INO2. The average Bonchev–Trinajstić information content (AvgIpc) is 1.80. The molecule has 0 spiro atoms. The molecule has 0 radical (unpaired) electrons. The predicted molar refractivity (Wildman–Crippen MR) is 41.2 cm³/mol. The van der Waals surface area contributed by atoms with Crippen molar-refractivity contribution < 1.29 is 9.53 Å². The van der Waals surface area contributed by atoms with Crippen LogP contribution in [-0.2, 0) is 4.74 Å². The zero-order chi connectivity index (χ0) is 6.85. The van der Waals surface area contributed by atoms with E-state index in [0.717, 1.165) is 6.54 Å². The van der Waals surface area contributed by atoms with Crippen molar-refractivity contribution in [2.45, 2.75) is 6.92 Å². The van der Waals surface area contributed by atoms with Gasteiger partial charge in [-0.05, 0) is 0 Å². The van der Waals surface area contributed by atoms with E-state index in [0.29, 0.717) is 12.5 Å². The highest BCUT2D eigenvalue weighted by Gasteiger charge is 2.21. The monoisotopic (exact) mass is 241 g/mol. The van der Waals surface area contributed by atoms with Gasteiger partial charge in [-0.25, -0.2) is 7.91 Å². The summed E-state index contributed by atoms with van der Waals surface area (Å²) >= 11 is 1.96. The molecule has 1 heterocycles. The molecule has 1 aliphatic heterocycles. The summed E-state index contributed by atoms with van der Waals surface area (Å²) < 4.78 is 6.34. The Labute approximate surface area is 67.8 Å². The van der Waals surface area contributed by atoms with E-state index in [-0.39, 0.29) is 6.09 Å². The van der Waals surface area contributed by atoms with Crippen molar-refractivity contribution >= 4 is 29.0 Å². The molecule has 4 heteroatoms. The Hall–Kier alpha value is 0. The molecule has 0 aromatic rings. The highest BCUT2D eigenvalue weighted by Crippen LogP contribution is 2.13. The molecule has 0 saturated carbocycles. The standard InChI is InChI=1S/C5H8INO2/c1-4-2-7(6)5(8)9-3-4/h4H,2-3H2,1H3. The largest absolute Gasteiger partial charge is 0.449 e. The molecule has 1 saturated heterocycles. The molecule has 1 amide bonds. The highest BCUT2D eigenvalue weighted by atomic mass is 127. The normalized spacial score (nSPS) is 28.0. The van der Waals surface area contributed by atoms with Gasteiger partial charge in [0.15, 0.2) is 0 Å². The summed E-state index contributed by atoms with van der Waals surface area (Å²) in [5.41, 5.74) is 0. The molecule has 1 unspecified atom stereocenters. The molecule has 1 atom stereocenters. The van der Waals surface area contributed by atoms with Crippen LogP contribution in [0.5, 0.6) is 0 Å². The van der Waals surface area contributed by atoms with Crippen LogP contribution in [0.15, 0.2) is 0 Å². The first-order valence-corrected chi connectivity index (χ1v) is 3.76. The molecule has 0 bridgehead atoms. The summed E-state index contributed by atoms with van der Waals surface area (Å²) in [6.07, 6.45) is -0.214. The quantitative estimate of drug-likeness (QED) is 0.474. The van der Waals surface area contributed by atoms with Crippen LogP contribution in [0.3, 0.4) is 0 Å². The molecular weight excluding hydrogens is 233 g/mol. The van der Waals surface area contributed by atoms with Crippen LogP contribution < -0.4 is 0 Å². The number of carbonyl (C=O) groups excluding carboxylic acids is 1. The summed E-state index contributed by atoms with van der Waals surface area (Å²) in [4.78, 5) is 10.6. The fourth-order valence-corrected chi connectivity index (χ4v) is 1.50. The Bertz CT molecular complexity index is 128. The maximum absolute atomic E-state index is 10.6. The summed E-state index contributed by atoms with van der Waals surface area (Å²) in [6, 6.07) is 0. The smallest absolute Gasteiger partial charge is 0.418 e. The number of carbonyl (C=O) groups is 1. The zero-order valence-electron chi connectivity index (χ0n) is 5.13. The van der Waals surface area contributed by atoms with E-state index in [1.54, 1.807) is 3.11 Å². The zero-order valence-corrected chi connectivity index (χ0v) is 7.29. The number of cyclic esters (lactones) is 1. The molecule has 0 aliphatic carbocycles. The van der Waals surface area contributed by atoms with Crippen molar-refractivity contribution in [2.75, 3.05) is 13.2 Å². The fourth-order valence-electron chi connectivity index (χ4n) is 0.684. The van der Waals surface area contributed by atoms with Crippen molar-refractivity contribution in [3.05, 3.63) is 0 Å². The third kappa shape index (κ3) is 1.70. The van der Waals surface area contributed by atoms with E-state index >= 15 is 0 Å². The van der Waals surface area contributed by atoms with Crippen LogP contribution >= 0.6 is 22.9 Å². The van der Waals surface area contributed by atoms with Gasteiger partial charge in [0, 0.05) is 12.5 Å². The lowest BCUT2D eigenvalue weighted by atomic mass is 10.2. The second-order valence-electron chi connectivity index (χ2n) is 2.23. The van der Waals surface area contributed by atoms with Gasteiger partial charge in [0.05, 0.1) is 29.5 Å². The van der Waals surface area contributed by atoms with E-state index < -0.39 is 0 Å². The maximum atomic E-state index is 10.6. The summed E-state index contributed by atoms with van der Waals surface area (Å²) in [5, 5.41) is 0. The third-order valence-electron chi connectivity index (χ3n) is 1.16. The number of hydrogen-bond donors (Lipinski definition) is 0. The first kappa shape index (κ1) is 7.11. The fraction of sp³-hybridized carbons (Fsp3) is 0.800. The van der Waals surface area contributed by atoms with Crippen LogP contribution in [0.1, 0.15) is 6.92 Å². The van der Waals surface area contributed by atoms with E-state index in [2.05, 4.69) is 6.92 Å². The number of ether oxygens (including phenoxy) is 1. The molecule has 0 N–H and O–H groups in total. The minimum atomic E-state index is -0.214. The second kappa shape index (κ2) is 2.72. The van der Waals surface area contributed by atoms with Gasteiger partial charge in [-0.1, -0.05) is 6.92 Å². The Morgan fingerprint density at radius 3 is 3.00 bits per heavy atom. The Morgan fingerprint density at radius 2 is 2.56 bits per heavy atom. The minimum Gasteiger partial charge on any atom is -0.449 e. The van der Waals surface area contributed by atoms with E-state index in [4.69, 9.17) is 4.74 Å². The van der Waals surface area contributed by atoms with Gasteiger partial charge < -0.3 is 4.74 Å². The summed E-state index contributed by atoms with van der Waals surface area (Å²) in [6.45, 7) is 3.43. The van der Waals surface area contributed by atoms with Crippen LogP contribution in [-0.4, -0.2) is 22.4 Å². The number of amides is 1. The molecule has 0 aromatic heterocycles. The van der Waals surface area contributed by atoms with Gasteiger partial charge in [-0.2, -0.15) is 0 Å². The Balaban J connectivity index is 2.44. The number of nitrogens with zero attached hydrogens (tertiary/aromatic N) is 1. The predicted octanol–water partition coefficient (Wildman–Crippen LogP) is 1.42. The van der Waals surface area contributed by atoms with Gasteiger partial charge in [0.1, 0.15) is 0 Å². The first-order chi connectivity index (χ1) is 4.20. The summed E-state index contributed by atoms with van der Waals surface area (Å²) in [5.74, 6) is 0.472. The van der Waals surface area contributed by atoms with Crippen molar-refractivity contribution in [1.29, 1.82) is 0 Å². The number of halogens is 1. The lowest BCUT2D eigenvalue weighted by Crippen LogP contribution is -2.35. The molecule has 0 aromatic carbocycles. The highest BCUT2D eigenvalue weighted by molar-refractivity contribution is 14.1. The topological polar surface area (TPSA) is 29.5 Å². The summed E-state index contributed by atoms with van der Waals surface area (Å²) in [7, 11) is 0. The van der Waals surface area contributed by atoms with Crippen molar-refractivity contribution in [2.24, 2.45) is 5.92 Å². The van der Waals surface area contributed by atoms with Crippen LogP contribution in [0.4, 0.5) is 4.79 Å². The third-order valence-corrected chi connectivity index (χ3v) is 1.95. The first-order valence-electron chi connectivity index (χ1n) is 2.80. The van der Waals surface area contributed by atoms with Gasteiger partial charge in [-0.15, -0.1) is 0 Å². The van der Waals surface area contributed by atoms with E-state index in [1.807, 2.05) is 22.9 Å². The van der Waals surface area contributed by atoms with Crippen molar-refractivity contribution in [3.63, 3.8) is 0 Å². The molecule has 1 aliphatic rings. The average molecular weight is 241 g/mol. The van der Waals surface area contributed by atoms with E-state index in [1.165, 1.54) is 0 Å². The molecule has 52 valence electrons. The minimum absolute atomic E-state index is 0.214. The lowest BCUT2D eigenvalue weighted by Gasteiger charge is -2.24. The Kier molecular flexibility index (Phi) is 2.15. The van der Waals surface area contributed by atoms with Crippen molar-refractivity contribution in [1.82, 2.24) is 3.11 Å². The van der Waals surface area contributed by atoms with Gasteiger partial charge in [-0.3, -0.25) is 0 Å². The number of hydrogen-bond acceptors (Lipinski definition) is 2. The van der Waals surface area contributed by atoms with Gasteiger partial charge >= 0.3 is 6.09 Å². The maximum Gasteiger partial charge on any atom is 0.418 e. The molecule has 9 heavy (non-hydrogen) atoms. The number of rotatable bonds is 0. The van der Waals surface area contributed by atoms with Gasteiger partial charge in [0.2, 0.25) is 0 Å². The SMILES string of the molecule is CC1COC(=O)N(I)C1. The Morgan fingerprint density at radius 1 is 1.89 bits per heavy atom. The van der Waals surface area contributed by atoms with Crippen molar-refractivity contribution in [3.8, 4) is 0 Å². The lowest BCUT2D eigenvalue weighted by molar-refractivity contribution is 0.0856. The molecule has 3 nitrogen and oxygen atoms in total. The van der Waals surface area contributed by atoms with Crippen LogP contribution in [0.25, 0.3) is 0 Å². The molecule has 1 fully saturated rings. The van der Waals surface area contributed by atoms with Crippen LogP contribution in [0, 0.1) is 5.92 Å². The van der Waals surface area contributed by atoms with Crippen LogP contribution in [0.2, 0.25) is 0 Å². The second-order valence-corrected chi connectivity index (χ2v) is 3.39. The van der Waals surface area contributed by atoms with Gasteiger partial charge in [0.25, 0.3) is 0 Å². The molecule has 1 rings (SSSR count). The van der Waals surface area contributed by atoms with E-state index in [9.17, 15) is 4.79 Å².